The third-order valence-electron chi connectivity index (χ3n) is 1.41. The number of carboxylic acids is 1. The molecule has 0 heterocycles. The SMILES string of the molecule is CC(N)P(=O)(O)CC(N)C(=O)O. The molecule has 72 valence electrons. The van der Waals surface area contributed by atoms with Crippen molar-refractivity contribution in [2.45, 2.75) is 18.7 Å². The van der Waals surface area contributed by atoms with Gasteiger partial charge in [-0.1, -0.05) is 0 Å². The molecule has 7 heteroatoms. The molecular formula is C5H13N2O4P. The van der Waals surface area contributed by atoms with E-state index in [1.165, 1.54) is 6.92 Å². The molecule has 12 heavy (non-hydrogen) atoms. The Morgan fingerprint density at radius 1 is 1.58 bits per heavy atom. The lowest BCUT2D eigenvalue weighted by Gasteiger charge is -2.16. The van der Waals surface area contributed by atoms with Gasteiger partial charge in [0.2, 0.25) is 7.37 Å². The minimum Gasteiger partial charge on any atom is -0.480 e. The summed E-state index contributed by atoms with van der Waals surface area (Å²) in [6.07, 6.45) is -0.486. The van der Waals surface area contributed by atoms with Crippen LogP contribution in [0.4, 0.5) is 0 Å². The lowest BCUT2D eigenvalue weighted by atomic mass is 10.4. The maximum absolute atomic E-state index is 11.1. The smallest absolute Gasteiger partial charge is 0.321 e. The molecule has 0 amide bonds. The first kappa shape index (κ1) is 11.6. The van der Waals surface area contributed by atoms with Gasteiger partial charge in [0.05, 0.1) is 11.9 Å². The molecule has 0 aliphatic carbocycles. The highest BCUT2D eigenvalue weighted by Gasteiger charge is 2.29. The summed E-state index contributed by atoms with van der Waals surface area (Å²) in [5.41, 5.74) is 10.2. The number of carbonyl (C=O) groups is 1. The highest BCUT2D eigenvalue weighted by atomic mass is 31.2. The Labute approximate surface area is 70.0 Å². The molecule has 0 saturated heterocycles. The van der Waals surface area contributed by atoms with Gasteiger partial charge in [0.25, 0.3) is 0 Å². The number of nitrogens with two attached hydrogens (primary N) is 2. The molecule has 0 aromatic rings. The van der Waals surface area contributed by atoms with Crippen LogP contribution in [0.15, 0.2) is 0 Å². The molecule has 3 unspecified atom stereocenters. The third-order valence-corrected chi connectivity index (χ3v) is 3.60. The van der Waals surface area contributed by atoms with Crippen molar-refractivity contribution in [1.29, 1.82) is 0 Å². The van der Waals surface area contributed by atoms with Gasteiger partial charge in [0, 0.05) is 0 Å². The van der Waals surface area contributed by atoms with Crippen LogP contribution >= 0.6 is 7.37 Å². The standard InChI is InChI=1S/C5H13N2O4P/c1-3(6)12(10,11)2-4(7)5(8)9/h3-4H,2,6-7H2,1H3,(H,8,9)(H,10,11). The summed E-state index contributed by atoms with van der Waals surface area (Å²) < 4.78 is 11.1. The molecule has 0 aliphatic rings. The zero-order valence-corrected chi connectivity index (χ0v) is 7.57. The van der Waals surface area contributed by atoms with E-state index in [0.717, 1.165) is 0 Å². The Kier molecular flexibility index (Phi) is 3.86. The molecule has 0 spiro atoms. The van der Waals surface area contributed by atoms with Gasteiger partial charge < -0.3 is 21.5 Å². The average molecular weight is 196 g/mol. The predicted octanol–water partition coefficient (Wildman–Crippen LogP) is -1.03. The van der Waals surface area contributed by atoms with Crippen LogP contribution in [-0.2, 0) is 9.36 Å². The van der Waals surface area contributed by atoms with Gasteiger partial charge in [-0.05, 0) is 6.92 Å². The Bertz CT molecular complexity index is 217. The minimum atomic E-state index is -3.60. The first-order chi connectivity index (χ1) is 5.27. The molecule has 6 nitrogen and oxygen atoms in total. The normalized spacial score (nSPS) is 21.0. The molecule has 0 bridgehead atoms. The predicted molar refractivity (Wildman–Crippen MR) is 44.0 cm³/mol. The van der Waals surface area contributed by atoms with Gasteiger partial charge in [0.1, 0.15) is 6.04 Å². The van der Waals surface area contributed by atoms with Gasteiger partial charge in [-0.25, -0.2) is 0 Å². The average Bonchev–Trinajstić information content (AvgIpc) is 1.85. The number of rotatable bonds is 4. The fourth-order valence-electron chi connectivity index (χ4n) is 0.526. The van der Waals surface area contributed by atoms with Gasteiger partial charge in [0.15, 0.2) is 0 Å². The monoisotopic (exact) mass is 196 g/mol. The zero-order valence-electron chi connectivity index (χ0n) is 6.67. The van der Waals surface area contributed by atoms with Crippen molar-refractivity contribution in [3.8, 4) is 0 Å². The Morgan fingerprint density at radius 2 is 2.00 bits per heavy atom. The molecule has 0 saturated carbocycles. The second kappa shape index (κ2) is 4.00. The van der Waals surface area contributed by atoms with Crippen molar-refractivity contribution in [2.75, 3.05) is 6.16 Å². The van der Waals surface area contributed by atoms with Crippen molar-refractivity contribution in [3.05, 3.63) is 0 Å². The van der Waals surface area contributed by atoms with Crippen LogP contribution in [0.3, 0.4) is 0 Å². The summed E-state index contributed by atoms with van der Waals surface area (Å²) >= 11 is 0. The second-order valence-corrected chi connectivity index (χ2v) is 5.31. The zero-order chi connectivity index (χ0) is 9.94. The Morgan fingerprint density at radius 3 is 2.25 bits per heavy atom. The number of hydrogen-bond acceptors (Lipinski definition) is 4. The first-order valence-electron chi connectivity index (χ1n) is 3.33. The van der Waals surface area contributed by atoms with Crippen molar-refractivity contribution >= 4 is 13.3 Å². The van der Waals surface area contributed by atoms with Crippen LogP contribution in [0.2, 0.25) is 0 Å². The quantitative estimate of drug-likeness (QED) is 0.426. The summed E-state index contributed by atoms with van der Waals surface area (Å²) in [6.45, 7) is 1.34. The Hall–Kier alpha value is -0.420. The van der Waals surface area contributed by atoms with Crippen molar-refractivity contribution in [3.63, 3.8) is 0 Å². The molecule has 3 atom stereocenters. The molecule has 0 rings (SSSR count). The van der Waals surface area contributed by atoms with E-state index in [2.05, 4.69) is 0 Å². The Balaban J connectivity index is 4.25. The molecule has 0 aromatic heterocycles. The van der Waals surface area contributed by atoms with E-state index in [0.29, 0.717) is 0 Å². The maximum atomic E-state index is 11.1. The van der Waals surface area contributed by atoms with Crippen LogP contribution in [0.1, 0.15) is 6.92 Å². The summed E-state index contributed by atoms with van der Waals surface area (Å²) in [5, 5.41) is 8.33. The van der Waals surface area contributed by atoms with E-state index in [1.54, 1.807) is 0 Å². The third kappa shape index (κ3) is 3.32. The van der Waals surface area contributed by atoms with Crippen LogP contribution in [-0.4, -0.2) is 34.0 Å². The first-order valence-corrected chi connectivity index (χ1v) is 5.24. The largest absolute Gasteiger partial charge is 0.480 e. The van der Waals surface area contributed by atoms with E-state index in [-0.39, 0.29) is 0 Å². The van der Waals surface area contributed by atoms with E-state index in [1.807, 2.05) is 0 Å². The van der Waals surface area contributed by atoms with Crippen LogP contribution < -0.4 is 11.5 Å². The van der Waals surface area contributed by atoms with Crippen LogP contribution in [0.5, 0.6) is 0 Å². The lowest BCUT2D eigenvalue weighted by molar-refractivity contribution is -0.138. The summed E-state index contributed by atoms with van der Waals surface area (Å²) in [4.78, 5) is 19.3. The summed E-state index contributed by atoms with van der Waals surface area (Å²) in [6, 6.07) is -1.33. The summed E-state index contributed by atoms with van der Waals surface area (Å²) in [5.74, 6) is -2.24. The minimum absolute atomic E-state index is 0.486. The van der Waals surface area contributed by atoms with Crippen LogP contribution in [0.25, 0.3) is 0 Å². The van der Waals surface area contributed by atoms with E-state index >= 15 is 0 Å². The highest BCUT2D eigenvalue weighted by Crippen LogP contribution is 2.43. The van der Waals surface area contributed by atoms with Gasteiger partial charge in [-0.3, -0.25) is 9.36 Å². The number of carboxylic acid groups (broad SMARTS) is 1. The van der Waals surface area contributed by atoms with Crippen molar-refractivity contribution in [2.24, 2.45) is 11.5 Å². The fraction of sp³-hybridized carbons (Fsp3) is 0.800. The van der Waals surface area contributed by atoms with Gasteiger partial charge >= 0.3 is 5.97 Å². The molecule has 0 aromatic carbocycles. The molecule has 0 aliphatic heterocycles. The van der Waals surface area contributed by atoms with Gasteiger partial charge in [-0.15, -0.1) is 0 Å². The maximum Gasteiger partial charge on any atom is 0.321 e. The summed E-state index contributed by atoms with van der Waals surface area (Å²) in [7, 11) is -3.60. The van der Waals surface area contributed by atoms with E-state index < -0.39 is 31.3 Å². The fourth-order valence-corrected chi connectivity index (χ4v) is 1.58. The van der Waals surface area contributed by atoms with Crippen LogP contribution in [0, 0.1) is 0 Å². The second-order valence-electron chi connectivity index (χ2n) is 2.62. The van der Waals surface area contributed by atoms with Gasteiger partial charge in [-0.2, -0.15) is 0 Å². The topological polar surface area (TPSA) is 127 Å². The lowest BCUT2D eigenvalue weighted by Crippen LogP contribution is -2.35. The van der Waals surface area contributed by atoms with Crippen molar-refractivity contribution < 1.29 is 19.4 Å². The van der Waals surface area contributed by atoms with Crippen molar-refractivity contribution in [1.82, 2.24) is 0 Å². The van der Waals surface area contributed by atoms with E-state index in [9.17, 15) is 9.36 Å². The molecule has 6 N–H and O–H groups in total. The molecule has 0 radical (unpaired) electrons. The molecular weight excluding hydrogens is 183 g/mol. The highest BCUT2D eigenvalue weighted by molar-refractivity contribution is 7.58. The number of hydrogen-bond donors (Lipinski definition) is 4. The number of aliphatic carboxylic acids is 1. The molecule has 0 fully saturated rings. The van der Waals surface area contributed by atoms with E-state index in [4.69, 9.17) is 21.5 Å².